The fourth-order valence-corrected chi connectivity index (χ4v) is 2.83. The van der Waals surface area contributed by atoms with Gasteiger partial charge in [-0.1, -0.05) is 42.8 Å². The van der Waals surface area contributed by atoms with Gasteiger partial charge >= 0.3 is 0 Å². The molecule has 0 atom stereocenters. The summed E-state index contributed by atoms with van der Waals surface area (Å²) >= 11 is 5.20. The van der Waals surface area contributed by atoms with E-state index in [2.05, 4.69) is 64.5 Å². The zero-order valence-corrected chi connectivity index (χ0v) is 13.2. The average molecular weight is 325 g/mol. The molecule has 18 heavy (non-hydrogen) atoms. The minimum atomic E-state index is 0.138. The van der Waals surface area contributed by atoms with Gasteiger partial charge in [0.2, 0.25) is 0 Å². The monoisotopic (exact) mass is 324 g/mol. The molecule has 4 heteroatoms. The molecule has 1 heterocycles. The van der Waals surface area contributed by atoms with Gasteiger partial charge in [0.15, 0.2) is 0 Å². The molecule has 0 bridgehead atoms. The van der Waals surface area contributed by atoms with E-state index in [4.69, 9.17) is 0 Å². The highest BCUT2D eigenvalue weighted by atomic mass is 79.9. The lowest BCUT2D eigenvalue weighted by Gasteiger charge is -2.13. The topological polar surface area (TPSA) is 24.9 Å². The molecule has 0 spiro atoms. The van der Waals surface area contributed by atoms with Crippen molar-refractivity contribution in [2.45, 2.75) is 32.7 Å². The third-order valence-electron chi connectivity index (χ3n) is 2.49. The fraction of sp³-hybridized carbons (Fsp3) is 0.357. The quantitative estimate of drug-likeness (QED) is 0.875. The predicted molar refractivity (Wildman–Crippen MR) is 82.3 cm³/mol. The first-order valence-corrected chi connectivity index (χ1v) is 7.57. The van der Waals surface area contributed by atoms with Gasteiger partial charge < -0.3 is 5.32 Å². The van der Waals surface area contributed by atoms with Crippen molar-refractivity contribution in [3.63, 3.8) is 0 Å². The summed E-state index contributed by atoms with van der Waals surface area (Å²) in [7, 11) is 0. The molecule has 0 radical (unpaired) electrons. The summed E-state index contributed by atoms with van der Waals surface area (Å²) in [6, 6.07) is 8.17. The van der Waals surface area contributed by atoms with Crippen molar-refractivity contribution in [1.82, 2.24) is 4.98 Å². The highest BCUT2D eigenvalue weighted by Crippen LogP contribution is 2.26. The molecule has 0 aliphatic heterocycles. The molecule has 0 unspecified atom stereocenters. The summed E-state index contributed by atoms with van der Waals surface area (Å²) < 4.78 is 1.08. The number of hydrogen-bond donors (Lipinski definition) is 1. The maximum absolute atomic E-state index is 4.66. The van der Waals surface area contributed by atoms with E-state index in [1.807, 2.05) is 12.1 Å². The molecule has 0 saturated heterocycles. The molecule has 2 nitrogen and oxygen atoms in total. The van der Waals surface area contributed by atoms with Crippen LogP contribution in [0.15, 0.2) is 34.1 Å². The molecule has 2 aromatic rings. The van der Waals surface area contributed by atoms with E-state index < -0.39 is 0 Å². The highest BCUT2D eigenvalue weighted by Gasteiger charge is 2.17. The zero-order valence-electron chi connectivity index (χ0n) is 10.8. The number of thiazole rings is 1. The number of benzene rings is 1. The minimum Gasteiger partial charge on any atom is -0.379 e. The second kappa shape index (κ2) is 5.41. The smallest absolute Gasteiger partial charge is 0.0982 e. The third-order valence-corrected chi connectivity index (χ3v) is 4.30. The van der Waals surface area contributed by atoms with Gasteiger partial charge in [0.05, 0.1) is 17.2 Å². The van der Waals surface area contributed by atoms with E-state index >= 15 is 0 Å². The number of aromatic nitrogens is 1. The molecule has 0 aliphatic carbocycles. The Morgan fingerprint density at radius 3 is 2.72 bits per heavy atom. The Morgan fingerprint density at radius 1 is 1.33 bits per heavy atom. The van der Waals surface area contributed by atoms with Crippen LogP contribution in [0.25, 0.3) is 0 Å². The second-order valence-electron chi connectivity index (χ2n) is 5.26. The number of nitrogens with one attached hydrogen (secondary N) is 1. The van der Waals surface area contributed by atoms with Crippen LogP contribution in [-0.4, -0.2) is 4.98 Å². The molecule has 0 fully saturated rings. The lowest BCUT2D eigenvalue weighted by molar-refractivity contribution is 0.583. The zero-order chi connectivity index (χ0) is 13.2. The first-order chi connectivity index (χ1) is 8.45. The Hall–Kier alpha value is -0.870. The van der Waals surface area contributed by atoms with Crippen molar-refractivity contribution < 1.29 is 0 Å². The number of nitrogens with zero attached hydrogens (tertiary/aromatic N) is 1. The SMILES string of the molecule is CC(C)(C)c1nc(CNc2cccc(Br)c2)cs1. The van der Waals surface area contributed by atoms with E-state index in [0.29, 0.717) is 0 Å². The van der Waals surface area contributed by atoms with Crippen LogP contribution in [0.4, 0.5) is 5.69 Å². The first-order valence-electron chi connectivity index (χ1n) is 5.89. The van der Waals surface area contributed by atoms with Crippen molar-refractivity contribution in [2.24, 2.45) is 0 Å². The molecule has 0 aliphatic rings. The van der Waals surface area contributed by atoms with E-state index in [-0.39, 0.29) is 5.41 Å². The standard InChI is InChI=1S/C14H17BrN2S/c1-14(2,3)13-17-12(9-18-13)8-16-11-6-4-5-10(15)7-11/h4-7,9,16H,8H2,1-3H3. The highest BCUT2D eigenvalue weighted by molar-refractivity contribution is 9.10. The lowest BCUT2D eigenvalue weighted by atomic mass is 9.98. The van der Waals surface area contributed by atoms with Crippen LogP contribution in [0.2, 0.25) is 0 Å². The maximum Gasteiger partial charge on any atom is 0.0982 e. The number of anilines is 1. The van der Waals surface area contributed by atoms with Crippen LogP contribution in [0.1, 0.15) is 31.5 Å². The van der Waals surface area contributed by atoms with Crippen molar-refractivity contribution in [3.05, 3.63) is 44.8 Å². The van der Waals surface area contributed by atoms with Crippen LogP contribution >= 0.6 is 27.3 Å². The maximum atomic E-state index is 4.66. The van der Waals surface area contributed by atoms with Crippen molar-refractivity contribution in [2.75, 3.05) is 5.32 Å². The van der Waals surface area contributed by atoms with Gasteiger partial charge in [-0.25, -0.2) is 4.98 Å². The lowest BCUT2D eigenvalue weighted by Crippen LogP contribution is -2.11. The summed E-state index contributed by atoms with van der Waals surface area (Å²) in [5.74, 6) is 0. The first kappa shape index (κ1) is 13.6. The Balaban J connectivity index is 2.01. The third kappa shape index (κ3) is 3.56. The molecular weight excluding hydrogens is 308 g/mol. The Kier molecular flexibility index (Phi) is 4.07. The molecule has 96 valence electrons. The van der Waals surface area contributed by atoms with Gasteiger partial charge in [-0.3, -0.25) is 0 Å². The number of hydrogen-bond acceptors (Lipinski definition) is 3. The van der Waals surface area contributed by atoms with Crippen LogP contribution in [0.5, 0.6) is 0 Å². The Labute approximate surface area is 121 Å². The van der Waals surface area contributed by atoms with E-state index in [1.54, 1.807) is 11.3 Å². The van der Waals surface area contributed by atoms with Crippen LogP contribution in [0, 0.1) is 0 Å². The molecule has 0 saturated carbocycles. The number of rotatable bonds is 3. The van der Waals surface area contributed by atoms with E-state index in [0.717, 1.165) is 22.4 Å². The average Bonchev–Trinajstić information content (AvgIpc) is 2.74. The molecule has 1 aromatic carbocycles. The van der Waals surface area contributed by atoms with Gasteiger partial charge in [0.1, 0.15) is 0 Å². The van der Waals surface area contributed by atoms with Crippen molar-refractivity contribution in [3.8, 4) is 0 Å². The van der Waals surface area contributed by atoms with Crippen molar-refractivity contribution >= 4 is 33.0 Å². The number of halogens is 1. The molecule has 1 aromatic heterocycles. The Bertz CT molecular complexity index is 529. The summed E-state index contributed by atoms with van der Waals surface area (Å²) in [4.78, 5) is 4.66. The second-order valence-corrected chi connectivity index (χ2v) is 7.03. The molecule has 2 rings (SSSR count). The van der Waals surface area contributed by atoms with E-state index in [1.165, 1.54) is 5.01 Å². The molecule has 1 N–H and O–H groups in total. The normalized spacial score (nSPS) is 11.6. The predicted octanol–water partition coefficient (Wildman–Crippen LogP) is 4.82. The van der Waals surface area contributed by atoms with Crippen LogP contribution < -0.4 is 5.32 Å². The fourth-order valence-electron chi connectivity index (χ4n) is 1.52. The summed E-state index contributed by atoms with van der Waals surface area (Å²) in [6.45, 7) is 7.34. The summed E-state index contributed by atoms with van der Waals surface area (Å²) in [5, 5.41) is 6.70. The minimum absolute atomic E-state index is 0.138. The van der Waals surface area contributed by atoms with Gasteiger partial charge in [0, 0.05) is 21.0 Å². The van der Waals surface area contributed by atoms with Gasteiger partial charge in [-0.15, -0.1) is 11.3 Å². The van der Waals surface area contributed by atoms with Crippen LogP contribution in [0.3, 0.4) is 0 Å². The molecular formula is C14H17BrN2S. The summed E-state index contributed by atoms with van der Waals surface area (Å²) in [5.41, 5.74) is 2.35. The Morgan fingerprint density at radius 2 is 2.11 bits per heavy atom. The van der Waals surface area contributed by atoms with Gasteiger partial charge in [0.25, 0.3) is 0 Å². The summed E-state index contributed by atoms with van der Waals surface area (Å²) in [6.07, 6.45) is 0. The van der Waals surface area contributed by atoms with Crippen LogP contribution in [-0.2, 0) is 12.0 Å². The van der Waals surface area contributed by atoms with Gasteiger partial charge in [-0.05, 0) is 18.2 Å². The van der Waals surface area contributed by atoms with E-state index in [9.17, 15) is 0 Å². The van der Waals surface area contributed by atoms with Crippen molar-refractivity contribution in [1.29, 1.82) is 0 Å². The largest absolute Gasteiger partial charge is 0.379 e. The van der Waals surface area contributed by atoms with Gasteiger partial charge in [-0.2, -0.15) is 0 Å². The molecule has 0 amide bonds.